The quantitative estimate of drug-likeness (QED) is 0.817. The predicted molar refractivity (Wildman–Crippen MR) is 81.3 cm³/mol. The van der Waals surface area contributed by atoms with E-state index in [4.69, 9.17) is 4.74 Å². The molecule has 0 saturated carbocycles. The first kappa shape index (κ1) is 14.5. The van der Waals surface area contributed by atoms with Gasteiger partial charge in [-0.3, -0.25) is 0 Å². The molecule has 0 spiro atoms. The van der Waals surface area contributed by atoms with Crippen LogP contribution in [-0.2, 0) is 17.7 Å². The highest BCUT2D eigenvalue weighted by molar-refractivity contribution is 5.89. The highest BCUT2D eigenvalue weighted by Gasteiger charge is 2.18. The number of rotatable bonds is 3. The number of nitrogens with zero attached hydrogens (tertiary/aromatic N) is 2. The third kappa shape index (κ3) is 2.93. The van der Waals surface area contributed by atoms with Crippen LogP contribution in [-0.4, -0.2) is 24.1 Å². The first-order valence-corrected chi connectivity index (χ1v) is 7.33. The number of hydrogen-bond acceptors (Lipinski definition) is 4. The van der Waals surface area contributed by atoms with Gasteiger partial charge in [0.2, 0.25) is 0 Å². The molecular formula is C17H17FN2O2. The van der Waals surface area contributed by atoms with Crippen LogP contribution in [0, 0.1) is 5.82 Å². The minimum Gasteiger partial charge on any atom is -0.462 e. The average molecular weight is 300 g/mol. The molecule has 0 atom stereocenters. The Labute approximate surface area is 128 Å². The van der Waals surface area contributed by atoms with Gasteiger partial charge in [-0.15, -0.1) is 0 Å². The number of carbonyl (C=O) groups is 1. The molecule has 0 unspecified atom stereocenters. The molecule has 0 aliphatic carbocycles. The molecule has 3 rings (SSSR count). The van der Waals surface area contributed by atoms with Gasteiger partial charge in [-0.2, -0.15) is 0 Å². The maximum absolute atomic E-state index is 13.2. The molecule has 1 aromatic heterocycles. The molecule has 4 nitrogen and oxygen atoms in total. The average Bonchev–Trinajstić information content (AvgIpc) is 2.55. The lowest BCUT2D eigenvalue weighted by Gasteiger charge is -2.29. The van der Waals surface area contributed by atoms with Crippen molar-refractivity contribution >= 4 is 11.8 Å². The molecule has 0 radical (unpaired) electrons. The molecule has 0 fully saturated rings. The van der Waals surface area contributed by atoms with Crippen molar-refractivity contribution in [3.8, 4) is 0 Å². The van der Waals surface area contributed by atoms with E-state index in [-0.39, 0.29) is 11.8 Å². The number of fused-ring (bicyclic) bond motifs is 1. The summed E-state index contributed by atoms with van der Waals surface area (Å²) in [5.74, 6) is 0.258. The van der Waals surface area contributed by atoms with Crippen LogP contribution in [0.25, 0.3) is 0 Å². The normalized spacial score (nSPS) is 13.6. The van der Waals surface area contributed by atoms with Crippen LogP contribution in [0.5, 0.6) is 0 Å². The smallest absolute Gasteiger partial charge is 0.339 e. The van der Waals surface area contributed by atoms with E-state index in [1.807, 2.05) is 12.1 Å². The van der Waals surface area contributed by atoms with Gasteiger partial charge in [-0.05, 0) is 48.7 Å². The van der Waals surface area contributed by atoms with E-state index in [2.05, 4.69) is 9.88 Å². The second kappa shape index (κ2) is 6.13. The van der Waals surface area contributed by atoms with Crippen LogP contribution < -0.4 is 4.90 Å². The topological polar surface area (TPSA) is 42.4 Å². The highest BCUT2D eigenvalue weighted by atomic mass is 19.1. The van der Waals surface area contributed by atoms with Gasteiger partial charge >= 0.3 is 5.97 Å². The second-order valence-corrected chi connectivity index (χ2v) is 5.21. The van der Waals surface area contributed by atoms with Gasteiger partial charge in [-0.25, -0.2) is 14.2 Å². The number of anilines is 1. The Bertz CT molecular complexity index is 686. The number of aromatic nitrogens is 1. The van der Waals surface area contributed by atoms with E-state index >= 15 is 0 Å². The molecular weight excluding hydrogens is 283 g/mol. The summed E-state index contributed by atoms with van der Waals surface area (Å²) in [5, 5.41) is 0. The summed E-state index contributed by atoms with van der Waals surface area (Å²) in [5.41, 5.74) is 2.62. The van der Waals surface area contributed by atoms with Crippen molar-refractivity contribution in [3.05, 3.63) is 59.0 Å². The number of carbonyl (C=O) groups excluding carboxylic acids is 1. The molecule has 2 aromatic rings. The molecule has 5 heteroatoms. The van der Waals surface area contributed by atoms with E-state index in [1.165, 1.54) is 12.3 Å². The van der Waals surface area contributed by atoms with Crippen molar-refractivity contribution in [2.45, 2.75) is 19.9 Å². The predicted octanol–water partition coefficient (Wildman–Crippen LogP) is 2.96. The van der Waals surface area contributed by atoms with E-state index in [1.54, 1.807) is 19.1 Å². The van der Waals surface area contributed by atoms with E-state index in [0.29, 0.717) is 18.7 Å². The standard InChI is InChI=1S/C17H17FN2O2/c1-2-22-17(21)13-4-6-16(19-10-13)20-8-7-12-9-15(18)5-3-14(12)11-20/h3-6,9-10H,2,7-8,11H2,1H3. The second-order valence-electron chi connectivity index (χ2n) is 5.21. The van der Waals surface area contributed by atoms with Crippen molar-refractivity contribution in [1.29, 1.82) is 0 Å². The maximum atomic E-state index is 13.2. The summed E-state index contributed by atoms with van der Waals surface area (Å²) in [6.45, 7) is 3.59. The first-order valence-electron chi connectivity index (χ1n) is 7.33. The highest BCUT2D eigenvalue weighted by Crippen LogP contribution is 2.23. The molecule has 1 aliphatic rings. The number of ether oxygens (including phenoxy) is 1. The van der Waals surface area contributed by atoms with Gasteiger partial charge < -0.3 is 9.64 Å². The van der Waals surface area contributed by atoms with Crippen molar-refractivity contribution in [1.82, 2.24) is 4.98 Å². The van der Waals surface area contributed by atoms with Crippen LogP contribution in [0.15, 0.2) is 36.5 Å². The lowest BCUT2D eigenvalue weighted by atomic mass is 9.99. The summed E-state index contributed by atoms with van der Waals surface area (Å²) >= 11 is 0. The third-order valence-corrected chi connectivity index (χ3v) is 3.76. The fraction of sp³-hybridized carbons (Fsp3) is 0.294. The van der Waals surface area contributed by atoms with Gasteiger partial charge in [0.05, 0.1) is 12.2 Å². The largest absolute Gasteiger partial charge is 0.462 e. The molecule has 114 valence electrons. The first-order chi connectivity index (χ1) is 10.7. The van der Waals surface area contributed by atoms with Gasteiger partial charge in [0.15, 0.2) is 0 Å². The molecule has 0 N–H and O–H groups in total. The summed E-state index contributed by atoms with van der Waals surface area (Å²) in [6.07, 6.45) is 2.32. The number of hydrogen-bond donors (Lipinski definition) is 0. The zero-order chi connectivity index (χ0) is 15.5. The lowest BCUT2D eigenvalue weighted by Crippen LogP contribution is -2.31. The maximum Gasteiger partial charge on any atom is 0.339 e. The number of benzene rings is 1. The fourth-order valence-electron chi connectivity index (χ4n) is 2.63. The molecule has 0 bridgehead atoms. The minimum absolute atomic E-state index is 0.191. The molecule has 2 heterocycles. The molecule has 1 aliphatic heterocycles. The summed E-state index contributed by atoms with van der Waals surface area (Å²) in [7, 11) is 0. The Balaban J connectivity index is 1.75. The van der Waals surface area contributed by atoms with E-state index in [9.17, 15) is 9.18 Å². The lowest BCUT2D eigenvalue weighted by molar-refractivity contribution is 0.0526. The monoisotopic (exact) mass is 300 g/mol. The molecule has 0 saturated heterocycles. The van der Waals surface area contributed by atoms with E-state index in [0.717, 1.165) is 29.9 Å². The van der Waals surface area contributed by atoms with Gasteiger partial charge in [0, 0.05) is 19.3 Å². The zero-order valence-corrected chi connectivity index (χ0v) is 12.4. The van der Waals surface area contributed by atoms with Crippen molar-refractivity contribution in [3.63, 3.8) is 0 Å². The summed E-state index contributed by atoms with van der Waals surface area (Å²) < 4.78 is 18.2. The molecule has 22 heavy (non-hydrogen) atoms. The number of esters is 1. The van der Waals surface area contributed by atoms with Gasteiger partial charge in [-0.1, -0.05) is 6.07 Å². The van der Waals surface area contributed by atoms with Crippen molar-refractivity contribution in [2.75, 3.05) is 18.1 Å². The van der Waals surface area contributed by atoms with Crippen LogP contribution in [0.1, 0.15) is 28.4 Å². The van der Waals surface area contributed by atoms with Crippen LogP contribution in [0.3, 0.4) is 0 Å². The Kier molecular flexibility index (Phi) is 4.04. The summed E-state index contributed by atoms with van der Waals surface area (Å²) in [4.78, 5) is 18.1. The van der Waals surface area contributed by atoms with Crippen molar-refractivity contribution in [2.24, 2.45) is 0 Å². The molecule has 0 amide bonds. The van der Waals surface area contributed by atoms with Crippen molar-refractivity contribution < 1.29 is 13.9 Å². The van der Waals surface area contributed by atoms with Crippen LogP contribution in [0.2, 0.25) is 0 Å². The van der Waals surface area contributed by atoms with Crippen LogP contribution >= 0.6 is 0 Å². The summed E-state index contributed by atoms with van der Waals surface area (Å²) in [6, 6.07) is 8.45. The Morgan fingerprint density at radius 1 is 1.32 bits per heavy atom. The Morgan fingerprint density at radius 3 is 2.91 bits per heavy atom. The SMILES string of the molecule is CCOC(=O)c1ccc(N2CCc3cc(F)ccc3C2)nc1. The van der Waals surface area contributed by atoms with E-state index < -0.39 is 0 Å². The van der Waals surface area contributed by atoms with Gasteiger partial charge in [0.25, 0.3) is 0 Å². The van der Waals surface area contributed by atoms with Crippen LogP contribution in [0.4, 0.5) is 10.2 Å². The Morgan fingerprint density at radius 2 is 2.18 bits per heavy atom. The zero-order valence-electron chi connectivity index (χ0n) is 12.4. The number of halogens is 1. The molecule has 1 aromatic carbocycles. The van der Waals surface area contributed by atoms with Gasteiger partial charge in [0.1, 0.15) is 11.6 Å². The Hall–Kier alpha value is -2.43. The minimum atomic E-state index is -0.360. The fourth-order valence-corrected chi connectivity index (χ4v) is 2.63. The number of pyridine rings is 1. The third-order valence-electron chi connectivity index (χ3n) is 3.76.